The largest absolute Gasteiger partial charge is 0.352 e. The second-order valence-electron chi connectivity index (χ2n) is 5.66. The summed E-state index contributed by atoms with van der Waals surface area (Å²) in [6, 6.07) is 15.0. The van der Waals surface area contributed by atoms with Crippen LogP contribution >= 0.6 is 23.2 Å². The summed E-state index contributed by atoms with van der Waals surface area (Å²) < 4.78 is 1.86. The van der Waals surface area contributed by atoms with Gasteiger partial charge >= 0.3 is 0 Å². The van der Waals surface area contributed by atoms with Gasteiger partial charge in [-0.3, -0.25) is 9.48 Å². The molecule has 0 radical (unpaired) electrons. The van der Waals surface area contributed by atoms with Crippen molar-refractivity contribution >= 4 is 29.1 Å². The van der Waals surface area contributed by atoms with Gasteiger partial charge in [0, 0.05) is 29.0 Å². The number of hydrogen-bond donors (Lipinski definition) is 1. The lowest BCUT2D eigenvalue weighted by atomic mass is 10.1. The van der Waals surface area contributed by atoms with Gasteiger partial charge in [0.05, 0.1) is 13.0 Å². The third kappa shape index (κ3) is 4.84. The number of benzene rings is 2. The summed E-state index contributed by atoms with van der Waals surface area (Å²) in [5, 5.41) is 8.23. The van der Waals surface area contributed by atoms with Crippen LogP contribution in [0.15, 0.2) is 60.9 Å². The number of aromatic nitrogens is 2. The summed E-state index contributed by atoms with van der Waals surface area (Å²) in [4.78, 5) is 12.2. The summed E-state index contributed by atoms with van der Waals surface area (Å²) in [7, 11) is 0. The van der Waals surface area contributed by atoms with E-state index in [4.69, 9.17) is 23.2 Å². The van der Waals surface area contributed by atoms with Crippen LogP contribution in [0.2, 0.25) is 10.0 Å². The summed E-state index contributed by atoms with van der Waals surface area (Å²) in [5.41, 5.74) is 2.94. The Morgan fingerprint density at radius 1 is 1.04 bits per heavy atom. The quantitative estimate of drug-likeness (QED) is 0.706. The van der Waals surface area contributed by atoms with Crippen LogP contribution in [0.5, 0.6) is 0 Å². The molecule has 0 fully saturated rings. The van der Waals surface area contributed by atoms with E-state index in [0.717, 1.165) is 16.7 Å². The number of carbonyl (C=O) groups is 1. The van der Waals surface area contributed by atoms with Gasteiger partial charge in [-0.2, -0.15) is 5.10 Å². The van der Waals surface area contributed by atoms with Crippen LogP contribution in [0.25, 0.3) is 0 Å². The zero-order chi connectivity index (χ0) is 17.6. The minimum Gasteiger partial charge on any atom is -0.352 e. The number of amides is 1. The molecule has 0 saturated heterocycles. The average Bonchev–Trinajstić information content (AvgIpc) is 3.10. The second-order valence-corrected chi connectivity index (χ2v) is 6.51. The fraction of sp³-hybridized carbons (Fsp3) is 0.158. The van der Waals surface area contributed by atoms with E-state index in [2.05, 4.69) is 10.4 Å². The van der Waals surface area contributed by atoms with E-state index in [0.29, 0.717) is 23.1 Å². The monoisotopic (exact) mass is 373 g/mol. The molecular formula is C19H17Cl2N3O. The summed E-state index contributed by atoms with van der Waals surface area (Å²) in [5.74, 6) is -0.0851. The van der Waals surface area contributed by atoms with Crippen molar-refractivity contribution in [2.75, 3.05) is 0 Å². The molecule has 1 aromatic heterocycles. The van der Waals surface area contributed by atoms with Crippen LogP contribution in [0, 0.1) is 0 Å². The van der Waals surface area contributed by atoms with E-state index < -0.39 is 0 Å². The molecular weight excluding hydrogens is 357 g/mol. The smallest absolute Gasteiger partial charge is 0.224 e. The van der Waals surface area contributed by atoms with Crippen LogP contribution in [-0.4, -0.2) is 15.7 Å². The third-order valence-corrected chi connectivity index (χ3v) is 4.44. The zero-order valence-corrected chi connectivity index (χ0v) is 15.0. The highest BCUT2D eigenvalue weighted by Crippen LogP contribution is 2.21. The Morgan fingerprint density at radius 3 is 2.56 bits per heavy atom. The Balaban J connectivity index is 1.62. The van der Waals surface area contributed by atoms with Crippen LogP contribution < -0.4 is 5.32 Å². The van der Waals surface area contributed by atoms with E-state index in [9.17, 15) is 4.79 Å². The summed E-state index contributed by atoms with van der Waals surface area (Å²) >= 11 is 12.0. The highest BCUT2D eigenvalue weighted by molar-refractivity contribution is 6.35. The molecule has 0 aliphatic rings. The Labute approximate surface area is 156 Å². The maximum absolute atomic E-state index is 12.2. The van der Waals surface area contributed by atoms with E-state index in [1.165, 1.54) is 0 Å². The molecule has 2 aromatic carbocycles. The molecule has 0 atom stereocenters. The Bertz CT molecular complexity index is 863. The first-order chi connectivity index (χ1) is 12.1. The Kier molecular flexibility index (Phi) is 5.74. The Morgan fingerprint density at radius 2 is 1.84 bits per heavy atom. The molecule has 0 bridgehead atoms. The first-order valence-electron chi connectivity index (χ1n) is 7.86. The van der Waals surface area contributed by atoms with Gasteiger partial charge < -0.3 is 5.32 Å². The third-order valence-electron chi connectivity index (χ3n) is 3.85. The van der Waals surface area contributed by atoms with Crippen LogP contribution in [0.4, 0.5) is 0 Å². The number of hydrogen-bond acceptors (Lipinski definition) is 2. The summed E-state index contributed by atoms with van der Waals surface area (Å²) in [6.45, 7) is 1.13. The predicted molar refractivity (Wildman–Crippen MR) is 99.8 cm³/mol. The molecule has 4 nitrogen and oxygen atoms in total. The van der Waals surface area contributed by atoms with Crippen molar-refractivity contribution in [1.29, 1.82) is 0 Å². The van der Waals surface area contributed by atoms with Gasteiger partial charge in [0.25, 0.3) is 0 Å². The van der Waals surface area contributed by atoms with Gasteiger partial charge in [0.15, 0.2) is 0 Å². The zero-order valence-electron chi connectivity index (χ0n) is 13.5. The molecule has 0 saturated carbocycles. The highest BCUT2D eigenvalue weighted by atomic mass is 35.5. The van der Waals surface area contributed by atoms with Crippen LogP contribution in [0.1, 0.15) is 16.7 Å². The van der Waals surface area contributed by atoms with Crippen molar-refractivity contribution < 1.29 is 4.79 Å². The standard InChI is InChI=1S/C19H17Cl2N3O/c20-17-7-6-14(18(21)11-17)10-19(25)22-12-15-4-1-2-5-16(15)13-24-9-3-8-23-24/h1-9,11H,10,12-13H2,(H,22,25). The van der Waals surface area contributed by atoms with Gasteiger partial charge in [-0.1, -0.05) is 53.5 Å². The number of nitrogens with one attached hydrogen (secondary N) is 1. The normalized spacial score (nSPS) is 10.6. The lowest BCUT2D eigenvalue weighted by Gasteiger charge is -2.11. The fourth-order valence-electron chi connectivity index (χ4n) is 2.55. The molecule has 6 heteroatoms. The maximum Gasteiger partial charge on any atom is 0.224 e. The van der Waals surface area contributed by atoms with Crippen LogP contribution in [-0.2, 0) is 24.3 Å². The van der Waals surface area contributed by atoms with Crippen molar-refractivity contribution in [1.82, 2.24) is 15.1 Å². The average molecular weight is 374 g/mol. The highest BCUT2D eigenvalue weighted by Gasteiger charge is 2.09. The fourth-order valence-corrected chi connectivity index (χ4v) is 3.02. The van der Waals surface area contributed by atoms with E-state index in [1.807, 2.05) is 41.2 Å². The number of carbonyl (C=O) groups excluding carboxylic acids is 1. The first-order valence-corrected chi connectivity index (χ1v) is 8.62. The van der Waals surface area contributed by atoms with Crippen molar-refractivity contribution in [3.05, 3.63) is 87.7 Å². The van der Waals surface area contributed by atoms with E-state index in [-0.39, 0.29) is 12.3 Å². The van der Waals surface area contributed by atoms with Gasteiger partial charge in [0.1, 0.15) is 0 Å². The molecule has 1 N–H and O–H groups in total. The molecule has 0 spiro atoms. The molecule has 0 aliphatic heterocycles. The van der Waals surface area contributed by atoms with Gasteiger partial charge in [-0.25, -0.2) is 0 Å². The SMILES string of the molecule is O=C(Cc1ccc(Cl)cc1Cl)NCc1ccccc1Cn1cccn1. The molecule has 1 amide bonds. The van der Waals surface area contributed by atoms with Crippen molar-refractivity contribution in [2.45, 2.75) is 19.5 Å². The lowest BCUT2D eigenvalue weighted by Crippen LogP contribution is -2.25. The van der Waals surface area contributed by atoms with Gasteiger partial charge in [-0.05, 0) is 34.9 Å². The minimum atomic E-state index is -0.0851. The Hall–Kier alpha value is -2.30. The molecule has 25 heavy (non-hydrogen) atoms. The van der Waals surface area contributed by atoms with Crippen molar-refractivity contribution in [2.24, 2.45) is 0 Å². The minimum absolute atomic E-state index is 0.0851. The molecule has 1 heterocycles. The molecule has 3 rings (SSSR count). The van der Waals surface area contributed by atoms with Crippen molar-refractivity contribution in [3.8, 4) is 0 Å². The number of halogens is 2. The lowest BCUT2D eigenvalue weighted by molar-refractivity contribution is -0.120. The van der Waals surface area contributed by atoms with Crippen molar-refractivity contribution in [3.63, 3.8) is 0 Å². The maximum atomic E-state index is 12.2. The van der Waals surface area contributed by atoms with E-state index >= 15 is 0 Å². The van der Waals surface area contributed by atoms with Gasteiger partial charge in [0.2, 0.25) is 5.91 Å². The van der Waals surface area contributed by atoms with E-state index in [1.54, 1.807) is 24.4 Å². The second kappa shape index (κ2) is 8.19. The predicted octanol–water partition coefficient (Wildman–Crippen LogP) is 4.10. The molecule has 0 unspecified atom stereocenters. The summed E-state index contributed by atoms with van der Waals surface area (Å²) in [6.07, 6.45) is 3.88. The molecule has 128 valence electrons. The van der Waals surface area contributed by atoms with Gasteiger partial charge in [-0.15, -0.1) is 0 Å². The van der Waals surface area contributed by atoms with Crippen LogP contribution in [0.3, 0.4) is 0 Å². The first kappa shape index (κ1) is 17.5. The molecule has 0 aliphatic carbocycles. The number of rotatable bonds is 6. The topological polar surface area (TPSA) is 46.9 Å². The molecule has 3 aromatic rings. The number of nitrogens with zero attached hydrogens (tertiary/aromatic N) is 2.